The maximum atomic E-state index is 12.1. The van der Waals surface area contributed by atoms with E-state index in [1.54, 1.807) is 0 Å². The molecule has 1 fully saturated rings. The number of nitrogens with two attached hydrogens (primary N) is 1. The molecule has 1 aliphatic rings. The van der Waals surface area contributed by atoms with Crippen LogP contribution in [0.4, 0.5) is 11.6 Å². The maximum Gasteiger partial charge on any atom is 0.251 e. The predicted molar refractivity (Wildman–Crippen MR) is 78.3 cm³/mol. The number of hydrazine groups is 1. The highest BCUT2D eigenvalue weighted by Gasteiger charge is 2.32. The summed E-state index contributed by atoms with van der Waals surface area (Å²) >= 11 is 0. The van der Waals surface area contributed by atoms with Crippen LogP contribution in [0.5, 0.6) is 0 Å². The quantitative estimate of drug-likeness (QED) is 0.405. The second-order valence-corrected chi connectivity index (χ2v) is 4.97. The molecule has 0 aromatic carbocycles. The Morgan fingerprint density at radius 1 is 1.38 bits per heavy atom. The van der Waals surface area contributed by atoms with Crippen molar-refractivity contribution in [1.82, 2.24) is 14.9 Å². The van der Waals surface area contributed by atoms with Gasteiger partial charge in [0.1, 0.15) is 24.0 Å². The summed E-state index contributed by atoms with van der Waals surface area (Å²) in [6.45, 7) is 2.04. The first kappa shape index (κ1) is 15.2. The third kappa shape index (κ3) is 3.10. The lowest BCUT2D eigenvalue weighted by atomic mass is 10.0. The Bertz CT molecular complexity index is 547. The minimum absolute atomic E-state index is 0.154. The van der Waals surface area contributed by atoms with E-state index in [0.29, 0.717) is 24.5 Å². The molecule has 2 amide bonds. The summed E-state index contributed by atoms with van der Waals surface area (Å²) in [6.07, 6.45) is 3.82. The van der Waals surface area contributed by atoms with Gasteiger partial charge >= 0.3 is 0 Å². The molecule has 1 unspecified atom stereocenters. The zero-order valence-electron chi connectivity index (χ0n) is 12.2. The standard InChI is InChI=1S/C13H20N6O2/c1-3-4-8-11(15-7-16-12(8)18-14)17-9-5-6-10(20)19(2)13(9)21/h7,9H,3-6,14H2,1-2H3,(H2,15,16,17,18). The summed E-state index contributed by atoms with van der Waals surface area (Å²) in [4.78, 5) is 33.1. The van der Waals surface area contributed by atoms with Crippen molar-refractivity contribution >= 4 is 23.5 Å². The third-order valence-corrected chi connectivity index (χ3v) is 3.54. The van der Waals surface area contributed by atoms with Gasteiger partial charge in [0.15, 0.2) is 0 Å². The molecular formula is C13H20N6O2. The van der Waals surface area contributed by atoms with E-state index in [1.165, 1.54) is 13.4 Å². The molecule has 1 aromatic heterocycles. The van der Waals surface area contributed by atoms with Crippen LogP contribution in [0.3, 0.4) is 0 Å². The predicted octanol–water partition coefficient (Wildman–Crippen LogP) is 0.274. The molecule has 2 rings (SSSR count). The number of hydrogen-bond donors (Lipinski definition) is 3. The van der Waals surface area contributed by atoms with Gasteiger partial charge in [-0.05, 0) is 12.8 Å². The van der Waals surface area contributed by atoms with Gasteiger partial charge in [0, 0.05) is 19.0 Å². The van der Waals surface area contributed by atoms with E-state index in [-0.39, 0.29) is 11.8 Å². The van der Waals surface area contributed by atoms with Gasteiger partial charge in [0.05, 0.1) is 0 Å². The van der Waals surface area contributed by atoms with Crippen molar-refractivity contribution in [3.05, 3.63) is 11.9 Å². The third-order valence-electron chi connectivity index (χ3n) is 3.54. The lowest BCUT2D eigenvalue weighted by Crippen LogP contribution is -2.48. The summed E-state index contributed by atoms with van der Waals surface area (Å²) in [6, 6.07) is -0.455. The summed E-state index contributed by atoms with van der Waals surface area (Å²) in [5, 5.41) is 3.12. The zero-order valence-corrected chi connectivity index (χ0v) is 12.2. The van der Waals surface area contributed by atoms with Gasteiger partial charge in [-0.3, -0.25) is 14.5 Å². The molecule has 21 heavy (non-hydrogen) atoms. The monoisotopic (exact) mass is 292 g/mol. The van der Waals surface area contributed by atoms with E-state index >= 15 is 0 Å². The highest BCUT2D eigenvalue weighted by Crippen LogP contribution is 2.23. The number of piperidine rings is 1. The van der Waals surface area contributed by atoms with E-state index < -0.39 is 6.04 Å². The Labute approximate surface area is 123 Å². The molecule has 0 radical (unpaired) electrons. The summed E-state index contributed by atoms with van der Waals surface area (Å²) in [5.74, 6) is 6.20. The van der Waals surface area contributed by atoms with Crippen LogP contribution in [0.25, 0.3) is 0 Å². The Kier molecular flexibility index (Phi) is 4.69. The lowest BCUT2D eigenvalue weighted by molar-refractivity contribution is -0.146. The van der Waals surface area contributed by atoms with Crippen LogP contribution in [0.1, 0.15) is 31.7 Å². The van der Waals surface area contributed by atoms with Crippen LogP contribution in [0.15, 0.2) is 6.33 Å². The molecule has 0 bridgehead atoms. The zero-order chi connectivity index (χ0) is 15.4. The summed E-state index contributed by atoms with van der Waals surface area (Å²) in [7, 11) is 1.50. The number of rotatable bonds is 5. The fourth-order valence-electron chi connectivity index (χ4n) is 2.36. The van der Waals surface area contributed by atoms with Gasteiger partial charge in [-0.2, -0.15) is 0 Å². The average molecular weight is 292 g/mol. The number of amides is 2. The fourth-order valence-corrected chi connectivity index (χ4v) is 2.36. The number of hydrogen-bond acceptors (Lipinski definition) is 7. The van der Waals surface area contributed by atoms with Crippen LogP contribution in [-0.4, -0.2) is 39.8 Å². The molecule has 1 aliphatic heterocycles. The van der Waals surface area contributed by atoms with Gasteiger partial charge in [-0.15, -0.1) is 0 Å². The Morgan fingerprint density at radius 2 is 2.10 bits per heavy atom. The van der Waals surface area contributed by atoms with Crippen molar-refractivity contribution in [3.8, 4) is 0 Å². The maximum absolute atomic E-state index is 12.1. The Hall–Kier alpha value is -2.22. The van der Waals surface area contributed by atoms with Crippen LogP contribution in [0.2, 0.25) is 0 Å². The number of anilines is 2. The largest absolute Gasteiger partial charge is 0.358 e. The molecule has 0 aliphatic carbocycles. The SMILES string of the molecule is CCCc1c(NN)ncnc1NC1CCC(=O)N(C)C1=O. The van der Waals surface area contributed by atoms with Gasteiger partial charge in [0.2, 0.25) is 5.91 Å². The minimum atomic E-state index is -0.455. The number of carbonyl (C=O) groups excluding carboxylic acids is 2. The second kappa shape index (κ2) is 6.49. The number of nitrogen functional groups attached to an aromatic ring is 1. The van der Waals surface area contributed by atoms with Crippen LogP contribution in [0, 0.1) is 0 Å². The smallest absolute Gasteiger partial charge is 0.251 e. The van der Waals surface area contributed by atoms with E-state index in [2.05, 4.69) is 20.7 Å². The highest BCUT2D eigenvalue weighted by molar-refractivity contribution is 6.01. The van der Waals surface area contributed by atoms with Crippen molar-refractivity contribution in [2.45, 2.75) is 38.6 Å². The molecule has 1 aromatic rings. The molecule has 114 valence electrons. The lowest BCUT2D eigenvalue weighted by Gasteiger charge is -2.29. The van der Waals surface area contributed by atoms with Gasteiger partial charge in [0.25, 0.3) is 5.91 Å². The number of likely N-dealkylation sites (tertiary alicyclic amines) is 1. The van der Waals surface area contributed by atoms with Crippen molar-refractivity contribution < 1.29 is 9.59 Å². The van der Waals surface area contributed by atoms with E-state index in [0.717, 1.165) is 23.3 Å². The summed E-state index contributed by atoms with van der Waals surface area (Å²) < 4.78 is 0. The minimum Gasteiger partial charge on any atom is -0.358 e. The Morgan fingerprint density at radius 3 is 2.76 bits per heavy atom. The second-order valence-electron chi connectivity index (χ2n) is 4.97. The molecule has 0 saturated carbocycles. The number of aromatic nitrogens is 2. The van der Waals surface area contributed by atoms with Gasteiger partial charge in [-0.25, -0.2) is 15.8 Å². The first-order valence-electron chi connectivity index (χ1n) is 6.95. The van der Waals surface area contributed by atoms with Crippen LogP contribution >= 0.6 is 0 Å². The van der Waals surface area contributed by atoms with Crippen LogP contribution < -0.4 is 16.6 Å². The van der Waals surface area contributed by atoms with Gasteiger partial charge < -0.3 is 10.7 Å². The average Bonchev–Trinajstić information content (AvgIpc) is 2.49. The molecule has 1 saturated heterocycles. The van der Waals surface area contributed by atoms with E-state index in [9.17, 15) is 9.59 Å². The normalized spacial score (nSPS) is 18.8. The topological polar surface area (TPSA) is 113 Å². The van der Waals surface area contributed by atoms with Crippen molar-refractivity contribution in [3.63, 3.8) is 0 Å². The van der Waals surface area contributed by atoms with Gasteiger partial charge in [-0.1, -0.05) is 13.3 Å². The fraction of sp³-hybridized carbons (Fsp3) is 0.538. The molecule has 1 atom stereocenters. The van der Waals surface area contributed by atoms with Crippen molar-refractivity contribution in [1.29, 1.82) is 0 Å². The highest BCUT2D eigenvalue weighted by atomic mass is 16.2. The number of nitrogens with one attached hydrogen (secondary N) is 2. The first-order chi connectivity index (χ1) is 10.1. The molecular weight excluding hydrogens is 272 g/mol. The van der Waals surface area contributed by atoms with Crippen molar-refractivity contribution in [2.24, 2.45) is 5.84 Å². The first-order valence-corrected chi connectivity index (χ1v) is 6.95. The molecule has 2 heterocycles. The molecule has 8 heteroatoms. The number of imide groups is 1. The Balaban J connectivity index is 2.23. The summed E-state index contributed by atoms with van der Waals surface area (Å²) in [5.41, 5.74) is 3.39. The molecule has 4 N–H and O–H groups in total. The number of likely N-dealkylation sites (N-methyl/N-ethyl adjacent to an activating group) is 1. The van der Waals surface area contributed by atoms with Crippen molar-refractivity contribution in [2.75, 3.05) is 17.8 Å². The number of nitrogens with zero attached hydrogens (tertiary/aromatic N) is 3. The van der Waals surface area contributed by atoms with E-state index in [4.69, 9.17) is 5.84 Å². The molecule has 0 spiro atoms. The number of carbonyl (C=O) groups is 2. The van der Waals surface area contributed by atoms with Crippen LogP contribution in [-0.2, 0) is 16.0 Å². The van der Waals surface area contributed by atoms with E-state index in [1.807, 2.05) is 6.92 Å². The molecule has 8 nitrogen and oxygen atoms in total.